The molecular formula is C18H18ClNO. The fourth-order valence-corrected chi connectivity index (χ4v) is 2.20. The van der Waals surface area contributed by atoms with Crippen LogP contribution in [0.1, 0.15) is 30.5 Å². The van der Waals surface area contributed by atoms with Crippen LogP contribution < -0.4 is 5.32 Å². The van der Waals surface area contributed by atoms with Crippen molar-refractivity contribution in [3.8, 4) is 0 Å². The highest BCUT2D eigenvalue weighted by molar-refractivity contribution is 6.30. The molecule has 0 bridgehead atoms. The van der Waals surface area contributed by atoms with Crippen molar-refractivity contribution in [3.63, 3.8) is 0 Å². The number of hydrogen-bond donors (Lipinski definition) is 1. The van der Waals surface area contributed by atoms with Crippen molar-refractivity contribution in [1.29, 1.82) is 0 Å². The van der Waals surface area contributed by atoms with Gasteiger partial charge in [-0.25, -0.2) is 0 Å². The highest BCUT2D eigenvalue weighted by Gasteiger charge is 2.10. The maximum atomic E-state index is 12.0. The largest absolute Gasteiger partial charge is 0.346 e. The summed E-state index contributed by atoms with van der Waals surface area (Å²) < 4.78 is 0. The molecule has 21 heavy (non-hydrogen) atoms. The van der Waals surface area contributed by atoms with E-state index in [9.17, 15) is 4.79 Å². The molecule has 0 aliphatic rings. The fraction of sp³-hybridized carbons (Fsp3) is 0.167. The zero-order valence-electron chi connectivity index (χ0n) is 11.9. The van der Waals surface area contributed by atoms with Crippen LogP contribution >= 0.6 is 11.6 Å². The summed E-state index contributed by atoms with van der Waals surface area (Å²) in [6.07, 6.45) is 4.18. The van der Waals surface area contributed by atoms with E-state index in [1.54, 1.807) is 24.3 Å². The van der Waals surface area contributed by atoms with Gasteiger partial charge in [0.05, 0.1) is 6.04 Å². The number of nitrogens with one attached hydrogen (secondary N) is 1. The summed E-state index contributed by atoms with van der Waals surface area (Å²) in [6.45, 7) is 2.06. The van der Waals surface area contributed by atoms with E-state index in [0.29, 0.717) is 5.02 Å². The molecule has 0 spiro atoms. The van der Waals surface area contributed by atoms with Crippen molar-refractivity contribution < 1.29 is 4.79 Å². The van der Waals surface area contributed by atoms with Crippen molar-refractivity contribution in [3.05, 3.63) is 76.8 Å². The molecular weight excluding hydrogens is 282 g/mol. The molecule has 0 aliphatic heterocycles. The van der Waals surface area contributed by atoms with Gasteiger partial charge in [0, 0.05) is 11.1 Å². The molecule has 2 nitrogen and oxygen atoms in total. The van der Waals surface area contributed by atoms with E-state index in [1.807, 2.05) is 42.5 Å². The number of hydrogen-bond acceptors (Lipinski definition) is 1. The van der Waals surface area contributed by atoms with Gasteiger partial charge >= 0.3 is 0 Å². The topological polar surface area (TPSA) is 29.1 Å². The Labute approximate surface area is 130 Å². The second kappa shape index (κ2) is 7.65. The Morgan fingerprint density at radius 2 is 1.81 bits per heavy atom. The first kappa shape index (κ1) is 15.3. The fourth-order valence-electron chi connectivity index (χ4n) is 2.07. The van der Waals surface area contributed by atoms with Gasteiger partial charge in [-0.05, 0) is 35.8 Å². The Hall–Kier alpha value is -2.06. The first-order chi connectivity index (χ1) is 10.2. The van der Waals surface area contributed by atoms with E-state index in [0.717, 1.165) is 17.5 Å². The van der Waals surface area contributed by atoms with E-state index in [-0.39, 0.29) is 11.9 Å². The Kier molecular flexibility index (Phi) is 5.59. The lowest BCUT2D eigenvalue weighted by molar-refractivity contribution is -0.117. The van der Waals surface area contributed by atoms with Crippen molar-refractivity contribution in [1.82, 2.24) is 5.32 Å². The molecule has 1 amide bonds. The van der Waals surface area contributed by atoms with Gasteiger partial charge in [0.15, 0.2) is 0 Å². The van der Waals surface area contributed by atoms with E-state index < -0.39 is 0 Å². The molecule has 0 saturated carbocycles. The summed E-state index contributed by atoms with van der Waals surface area (Å²) in [4.78, 5) is 12.0. The molecule has 108 valence electrons. The third-order valence-electron chi connectivity index (χ3n) is 3.22. The van der Waals surface area contributed by atoms with Crippen LogP contribution in [0.4, 0.5) is 0 Å². The van der Waals surface area contributed by atoms with Gasteiger partial charge in [-0.15, -0.1) is 0 Å². The zero-order valence-corrected chi connectivity index (χ0v) is 12.7. The quantitative estimate of drug-likeness (QED) is 0.802. The lowest BCUT2D eigenvalue weighted by Crippen LogP contribution is -2.26. The molecule has 2 rings (SSSR count). The maximum absolute atomic E-state index is 12.0. The minimum absolute atomic E-state index is 0.0357. The van der Waals surface area contributed by atoms with Crippen LogP contribution in [0, 0.1) is 0 Å². The Morgan fingerprint density at radius 3 is 2.43 bits per heavy atom. The Balaban J connectivity index is 1.98. The normalized spacial score (nSPS) is 12.3. The van der Waals surface area contributed by atoms with Crippen LogP contribution in [-0.2, 0) is 4.79 Å². The van der Waals surface area contributed by atoms with E-state index in [1.165, 1.54) is 0 Å². The summed E-state index contributed by atoms with van der Waals surface area (Å²) in [5.41, 5.74) is 2.07. The van der Waals surface area contributed by atoms with Crippen molar-refractivity contribution >= 4 is 23.6 Å². The van der Waals surface area contributed by atoms with Crippen LogP contribution in [0.2, 0.25) is 5.02 Å². The molecule has 1 atom stereocenters. The number of amides is 1. The molecule has 3 heteroatoms. The molecule has 0 fully saturated rings. The molecule has 0 aromatic heterocycles. The van der Waals surface area contributed by atoms with Crippen molar-refractivity contribution in [2.75, 3.05) is 0 Å². The van der Waals surface area contributed by atoms with Gasteiger partial charge in [-0.3, -0.25) is 4.79 Å². The number of carbonyl (C=O) groups excluding carboxylic acids is 1. The minimum Gasteiger partial charge on any atom is -0.346 e. The van der Waals surface area contributed by atoms with Gasteiger partial charge in [0.1, 0.15) is 0 Å². The molecule has 0 radical (unpaired) electrons. The number of benzene rings is 2. The van der Waals surface area contributed by atoms with Crippen molar-refractivity contribution in [2.45, 2.75) is 19.4 Å². The monoisotopic (exact) mass is 299 g/mol. The Bertz CT molecular complexity index is 605. The molecule has 1 N–H and O–H groups in total. The summed E-state index contributed by atoms with van der Waals surface area (Å²) >= 11 is 5.83. The standard InChI is InChI=1S/C18H18ClNO/c1-2-17(15-6-4-3-5-7-15)20-18(21)13-10-14-8-11-16(19)12-9-14/h3-13,17H,2H2,1H3,(H,20,21)/b13-10+. The van der Waals surface area contributed by atoms with Gasteiger partial charge in [-0.1, -0.05) is 61.0 Å². The van der Waals surface area contributed by atoms with Crippen molar-refractivity contribution in [2.24, 2.45) is 0 Å². The lowest BCUT2D eigenvalue weighted by Gasteiger charge is -2.16. The first-order valence-corrected chi connectivity index (χ1v) is 7.36. The molecule has 1 unspecified atom stereocenters. The maximum Gasteiger partial charge on any atom is 0.244 e. The van der Waals surface area contributed by atoms with Crippen LogP contribution in [0.3, 0.4) is 0 Å². The van der Waals surface area contributed by atoms with Gasteiger partial charge in [0.25, 0.3) is 0 Å². The second-order valence-electron chi connectivity index (χ2n) is 4.76. The highest BCUT2D eigenvalue weighted by atomic mass is 35.5. The zero-order chi connectivity index (χ0) is 15.1. The van der Waals surface area contributed by atoms with Gasteiger partial charge in [-0.2, -0.15) is 0 Å². The predicted molar refractivity (Wildman–Crippen MR) is 88.1 cm³/mol. The van der Waals surface area contributed by atoms with Gasteiger partial charge in [0.2, 0.25) is 5.91 Å². The summed E-state index contributed by atoms with van der Waals surface area (Å²) in [6, 6.07) is 17.4. The average molecular weight is 300 g/mol. The predicted octanol–water partition coefficient (Wildman–Crippen LogP) is 4.62. The number of rotatable bonds is 5. The summed E-state index contributed by atoms with van der Waals surface area (Å²) in [5.74, 6) is -0.0966. The molecule has 0 aliphatic carbocycles. The molecule has 0 saturated heterocycles. The lowest BCUT2D eigenvalue weighted by atomic mass is 10.0. The minimum atomic E-state index is -0.0966. The highest BCUT2D eigenvalue weighted by Crippen LogP contribution is 2.16. The second-order valence-corrected chi connectivity index (χ2v) is 5.20. The van der Waals surface area contributed by atoms with Crippen LogP contribution in [0.5, 0.6) is 0 Å². The van der Waals surface area contributed by atoms with Crippen LogP contribution in [-0.4, -0.2) is 5.91 Å². The third kappa shape index (κ3) is 4.76. The summed E-state index contributed by atoms with van der Waals surface area (Å²) in [5, 5.41) is 3.70. The molecule has 2 aromatic rings. The van der Waals surface area contributed by atoms with E-state index >= 15 is 0 Å². The van der Waals surface area contributed by atoms with Gasteiger partial charge < -0.3 is 5.32 Å². The third-order valence-corrected chi connectivity index (χ3v) is 3.48. The first-order valence-electron chi connectivity index (χ1n) is 6.98. The average Bonchev–Trinajstić information content (AvgIpc) is 2.53. The smallest absolute Gasteiger partial charge is 0.244 e. The molecule has 2 aromatic carbocycles. The SMILES string of the molecule is CCC(NC(=O)/C=C/c1ccc(Cl)cc1)c1ccccc1. The van der Waals surface area contributed by atoms with E-state index in [4.69, 9.17) is 11.6 Å². The van der Waals surface area contributed by atoms with Crippen LogP contribution in [0.15, 0.2) is 60.7 Å². The van der Waals surface area contributed by atoms with E-state index in [2.05, 4.69) is 12.2 Å². The Morgan fingerprint density at radius 1 is 1.14 bits per heavy atom. The number of halogens is 1. The summed E-state index contributed by atoms with van der Waals surface area (Å²) in [7, 11) is 0. The van der Waals surface area contributed by atoms with Crippen LogP contribution in [0.25, 0.3) is 6.08 Å². The molecule has 0 heterocycles. The number of carbonyl (C=O) groups is 1.